The van der Waals surface area contributed by atoms with Gasteiger partial charge in [-0.2, -0.15) is 0 Å². The summed E-state index contributed by atoms with van der Waals surface area (Å²) in [4.78, 5) is 31.7. The fourth-order valence-electron chi connectivity index (χ4n) is 4.97. The standard InChI is InChI=1S/C32H30N2O5S/c1-19-13-20(2)15-25(14-19)39-18-24-16-22(11-12-26(24)37-4)17-27-30(35)34-29(23-9-7-6-8-10-23)28(31(36)38-5)21(3)33-32(34)40-27/h6-17,29H,18H2,1-5H3/t29-/m1/s1. The number of aromatic nitrogens is 1. The third kappa shape index (κ3) is 5.35. The molecular weight excluding hydrogens is 524 g/mol. The van der Waals surface area contributed by atoms with E-state index in [1.54, 1.807) is 18.6 Å². The first-order valence-electron chi connectivity index (χ1n) is 12.8. The number of hydrogen-bond donors (Lipinski definition) is 0. The maximum atomic E-state index is 13.8. The Hall–Kier alpha value is -4.43. The first-order chi connectivity index (χ1) is 19.3. The molecule has 3 aromatic carbocycles. The summed E-state index contributed by atoms with van der Waals surface area (Å²) in [6.07, 6.45) is 1.84. The van der Waals surface area contributed by atoms with Crippen molar-refractivity contribution in [2.24, 2.45) is 4.99 Å². The number of esters is 1. The van der Waals surface area contributed by atoms with Gasteiger partial charge in [0.05, 0.1) is 36.1 Å². The minimum absolute atomic E-state index is 0.227. The maximum absolute atomic E-state index is 13.8. The van der Waals surface area contributed by atoms with Gasteiger partial charge in [-0.05, 0) is 73.4 Å². The van der Waals surface area contributed by atoms with Gasteiger partial charge in [0.25, 0.3) is 5.56 Å². The molecule has 0 saturated heterocycles. The number of methoxy groups -OCH3 is 2. The maximum Gasteiger partial charge on any atom is 0.338 e. The third-order valence-corrected chi connectivity index (χ3v) is 7.72. The van der Waals surface area contributed by atoms with Crippen LogP contribution < -0.4 is 24.4 Å². The summed E-state index contributed by atoms with van der Waals surface area (Å²) < 4.78 is 18.8. The molecule has 1 aliphatic heterocycles. The number of allylic oxidation sites excluding steroid dienone is 1. The van der Waals surface area contributed by atoms with Gasteiger partial charge in [-0.25, -0.2) is 9.79 Å². The van der Waals surface area contributed by atoms with E-state index in [0.717, 1.165) is 33.6 Å². The Bertz CT molecular complexity index is 1780. The van der Waals surface area contributed by atoms with Crippen molar-refractivity contribution in [1.82, 2.24) is 4.57 Å². The first-order valence-corrected chi connectivity index (χ1v) is 13.6. The molecule has 40 heavy (non-hydrogen) atoms. The monoisotopic (exact) mass is 554 g/mol. The van der Waals surface area contributed by atoms with Crippen LogP contribution in [0.1, 0.15) is 40.8 Å². The van der Waals surface area contributed by atoms with Crippen molar-refractivity contribution in [3.8, 4) is 11.5 Å². The van der Waals surface area contributed by atoms with E-state index in [1.807, 2.05) is 80.6 Å². The Kier molecular flexibility index (Phi) is 7.71. The van der Waals surface area contributed by atoms with Gasteiger partial charge in [0, 0.05) is 5.56 Å². The second-order valence-electron chi connectivity index (χ2n) is 9.67. The number of carbonyl (C=O) groups excluding carboxylic acids is 1. The van der Waals surface area contributed by atoms with Crippen LogP contribution in [0.2, 0.25) is 0 Å². The Morgan fingerprint density at radius 1 is 1.00 bits per heavy atom. The molecule has 1 atom stereocenters. The average Bonchev–Trinajstić information content (AvgIpc) is 3.24. The smallest absolute Gasteiger partial charge is 0.338 e. The van der Waals surface area contributed by atoms with Crippen molar-refractivity contribution in [2.45, 2.75) is 33.4 Å². The van der Waals surface area contributed by atoms with Crippen molar-refractivity contribution in [3.05, 3.63) is 126 Å². The van der Waals surface area contributed by atoms with E-state index in [2.05, 4.69) is 11.1 Å². The Balaban J connectivity index is 1.56. The molecule has 1 aliphatic rings. The molecule has 0 bridgehead atoms. The van der Waals surface area contributed by atoms with E-state index in [4.69, 9.17) is 14.2 Å². The number of hydrogen-bond acceptors (Lipinski definition) is 7. The minimum atomic E-state index is -0.635. The number of benzene rings is 3. The second-order valence-corrected chi connectivity index (χ2v) is 10.7. The number of aryl methyl sites for hydroxylation is 2. The van der Waals surface area contributed by atoms with Gasteiger partial charge in [-0.15, -0.1) is 0 Å². The van der Waals surface area contributed by atoms with Crippen molar-refractivity contribution in [3.63, 3.8) is 0 Å². The highest BCUT2D eigenvalue weighted by Gasteiger charge is 2.32. The van der Waals surface area contributed by atoms with Crippen molar-refractivity contribution in [1.29, 1.82) is 0 Å². The minimum Gasteiger partial charge on any atom is -0.496 e. The van der Waals surface area contributed by atoms with Gasteiger partial charge in [0.15, 0.2) is 4.80 Å². The van der Waals surface area contributed by atoms with Gasteiger partial charge in [0.1, 0.15) is 18.1 Å². The van der Waals surface area contributed by atoms with E-state index in [1.165, 1.54) is 18.4 Å². The lowest BCUT2D eigenvalue weighted by molar-refractivity contribution is -0.136. The molecule has 5 rings (SSSR count). The number of fused-ring (bicyclic) bond motifs is 1. The zero-order valence-corrected chi connectivity index (χ0v) is 23.9. The van der Waals surface area contributed by atoms with Gasteiger partial charge in [-0.3, -0.25) is 9.36 Å². The van der Waals surface area contributed by atoms with Gasteiger partial charge < -0.3 is 14.2 Å². The van der Waals surface area contributed by atoms with E-state index in [9.17, 15) is 9.59 Å². The molecule has 1 aromatic heterocycles. The SMILES string of the molecule is COC(=O)C1=C(C)N=c2sc(=Cc3ccc(OC)c(COc4cc(C)cc(C)c4)c3)c(=O)n2[C@@H]1c1ccccc1. The molecule has 0 spiro atoms. The Morgan fingerprint density at radius 3 is 2.40 bits per heavy atom. The quantitative estimate of drug-likeness (QED) is 0.312. The largest absolute Gasteiger partial charge is 0.496 e. The molecule has 8 heteroatoms. The van der Waals surface area contributed by atoms with Crippen LogP contribution >= 0.6 is 11.3 Å². The van der Waals surface area contributed by atoms with Crippen molar-refractivity contribution >= 4 is 23.4 Å². The van der Waals surface area contributed by atoms with Crippen LogP contribution in [-0.4, -0.2) is 24.8 Å². The van der Waals surface area contributed by atoms with Crippen LogP contribution in [0, 0.1) is 13.8 Å². The second kappa shape index (κ2) is 11.4. The van der Waals surface area contributed by atoms with E-state index in [-0.39, 0.29) is 5.56 Å². The molecule has 7 nitrogen and oxygen atoms in total. The lowest BCUT2D eigenvalue weighted by atomic mass is 9.96. The highest BCUT2D eigenvalue weighted by molar-refractivity contribution is 7.07. The number of carbonyl (C=O) groups is 1. The normalized spacial score (nSPS) is 14.9. The summed E-state index contributed by atoms with van der Waals surface area (Å²) in [7, 11) is 2.96. The molecule has 0 radical (unpaired) electrons. The molecule has 204 valence electrons. The van der Waals surface area contributed by atoms with E-state index >= 15 is 0 Å². The molecule has 0 amide bonds. The fraction of sp³-hybridized carbons (Fsp3) is 0.219. The van der Waals surface area contributed by atoms with Crippen LogP contribution in [0.3, 0.4) is 0 Å². The molecule has 0 N–H and O–H groups in total. The number of thiazole rings is 1. The number of nitrogens with zero attached hydrogens (tertiary/aromatic N) is 2. The predicted octanol–water partition coefficient (Wildman–Crippen LogP) is 4.61. The van der Waals surface area contributed by atoms with Crippen molar-refractivity contribution in [2.75, 3.05) is 14.2 Å². The van der Waals surface area contributed by atoms with Crippen molar-refractivity contribution < 1.29 is 19.0 Å². The predicted molar refractivity (Wildman–Crippen MR) is 155 cm³/mol. The summed E-state index contributed by atoms with van der Waals surface area (Å²) in [5.41, 5.74) is 5.40. The van der Waals surface area contributed by atoms with Gasteiger partial charge in [0.2, 0.25) is 0 Å². The van der Waals surface area contributed by atoms with Crippen LogP contribution in [0.25, 0.3) is 6.08 Å². The molecule has 0 aliphatic carbocycles. The van der Waals surface area contributed by atoms with Crippen LogP contribution in [0.15, 0.2) is 87.8 Å². The summed E-state index contributed by atoms with van der Waals surface area (Å²) in [5, 5.41) is 0. The molecule has 0 saturated carbocycles. The average molecular weight is 555 g/mol. The first kappa shape index (κ1) is 27.1. The highest BCUT2D eigenvalue weighted by atomic mass is 32.1. The zero-order valence-electron chi connectivity index (χ0n) is 23.1. The van der Waals surface area contributed by atoms with Crippen LogP contribution in [-0.2, 0) is 16.1 Å². The Morgan fingerprint density at radius 2 is 1.73 bits per heavy atom. The summed E-state index contributed by atoms with van der Waals surface area (Å²) in [6.45, 7) is 6.15. The number of rotatable bonds is 7. The molecule has 4 aromatic rings. The molecular formula is C32H30N2O5S. The summed E-state index contributed by atoms with van der Waals surface area (Å²) in [6, 6.07) is 20.6. The number of ether oxygens (including phenoxy) is 3. The fourth-order valence-corrected chi connectivity index (χ4v) is 6.02. The van der Waals surface area contributed by atoms with Gasteiger partial charge >= 0.3 is 5.97 Å². The Labute approximate surface area is 236 Å². The zero-order chi connectivity index (χ0) is 28.4. The molecule has 0 unspecified atom stereocenters. The highest BCUT2D eigenvalue weighted by Crippen LogP contribution is 2.30. The van der Waals surface area contributed by atoms with Gasteiger partial charge in [-0.1, -0.05) is 53.8 Å². The van der Waals surface area contributed by atoms with Crippen LogP contribution in [0.5, 0.6) is 11.5 Å². The lowest BCUT2D eigenvalue weighted by Gasteiger charge is -2.24. The van der Waals surface area contributed by atoms with E-state index in [0.29, 0.717) is 33.0 Å². The van der Waals surface area contributed by atoms with E-state index < -0.39 is 12.0 Å². The topological polar surface area (TPSA) is 79.1 Å². The van der Waals surface area contributed by atoms with Crippen LogP contribution in [0.4, 0.5) is 0 Å². The third-order valence-electron chi connectivity index (χ3n) is 6.73. The molecule has 2 heterocycles. The lowest BCUT2D eigenvalue weighted by Crippen LogP contribution is -2.39. The summed E-state index contributed by atoms with van der Waals surface area (Å²) >= 11 is 1.29. The molecule has 0 fully saturated rings. The summed E-state index contributed by atoms with van der Waals surface area (Å²) in [5.74, 6) is 0.981.